The summed E-state index contributed by atoms with van der Waals surface area (Å²) in [5.74, 6) is -1.75. The molecule has 0 aliphatic carbocycles. The first kappa shape index (κ1) is 23.2. The Balaban J connectivity index is 2.04. The van der Waals surface area contributed by atoms with Gasteiger partial charge in [-0.1, -0.05) is 13.8 Å². The molecule has 162 valence electrons. The molecule has 1 aliphatic rings. The maximum Gasteiger partial charge on any atom is 0.309 e. The monoisotopic (exact) mass is 429 g/mol. The molecule has 0 saturated carbocycles. The van der Waals surface area contributed by atoms with Gasteiger partial charge in [0.05, 0.1) is 18.0 Å². The number of carbonyl (C=O) groups excluding carboxylic acids is 2. The van der Waals surface area contributed by atoms with E-state index in [4.69, 9.17) is 4.74 Å². The van der Waals surface area contributed by atoms with Gasteiger partial charge in [0.1, 0.15) is 12.0 Å². The first-order valence-corrected chi connectivity index (χ1v) is 11.0. The van der Waals surface area contributed by atoms with Crippen LogP contribution < -0.4 is 10.6 Å². The number of ether oxygens (including phenoxy) is 1. The summed E-state index contributed by atoms with van der Waals surface area (Å²) in [6.07, 6.45) is 0.276. The molecular formula is C19H28FN3O5S. The summed E-state index contributed by atoms with van der Waals surface area (Å²) >= 11 is 0. The third-order valence-electron chi connectivity index (χ3n) is 4.53. The zero-order chi connectivity index (χ0) is 21.6. The Kier molecular flexibility index (Phi) is 8.12. The van der Waals surface area contributed by atoms with Crippen molar-refractivity contribution in [2.75, 3.05) is 26.2 Å². The number of amides is 2. The molecule has 10 heteroatoms. The molecule has 1 aromatic carbocycles. The molecular weight excluding hydrogens is 401 g/mol. The molecule has 0 bridgehead atoms. The molecule has 0 unspecified atom stereocenters. The minimum absolute atomic E-state index is 0.0212. The van der Waals surface area contributed by atoms with Crippen LogP contribution in [0, 0.1) is 18.7 Å². The minimum Gasteiger partial charge on any atom is -0.360 e. The maximum atomic E-state index is 13.4. The molecule has 2 amide bonds. The van der Waals surface area contributed by atoms with Crippen molar-refractivity contribution in [3.8, 4) is 0 Å². The fraction of sp³-hybridized carbons (Fsp3) is 0.579. The number of nitrogens with zero attached hydrogens (tertiary/aromatic N) is 1. The highest BCUT2D eigenvalue weighted by atomic mass is 32.2. The van der Waals surface area contributed by atoms with Gasteiger partial charge in [-0.15, -0.1) is 0 Å². The number of halogens is 1. The molecule has 0 aromatic heterocycles. The molecule has 1 heterocycles. The summed E-state index contributed by atoms with van der Waals surface area (Å²) in [7, 11) is -3.96. The van der Waals surface area contributed by atoms with Crippen LogP contribution >= 0.6 is 0 Å². The Bertz CT molecular complexity index is 844. The summed E-state index contributed by atoms with van der Waals surface area (Å²) < 4.78 is 46.1. The van der Waals surface area contributed by atoms with Crippen LogP contribution in [-0.2, 0) is 24.3 Å². The quantitative estimate of drug-likeness (QED) is 0.633. The lowest BCUT2D eigenvalue weighted by molar-refractivity contribution is -0.140. The highest BCUT2D eigenvalue weighted by Gasteiger charge is 2.35. The number of aryl methyl sites for hydroxylation is 1. The summed E-state index contributed by atoms with van der Waals surface area (Å²) in [5.41, 5.74) is 0.280. The standard InChI is InChI=1S/C19H28FN3O5S/c1-13(2)7-8-21-18(24)19(25)22-12-17-23(9-4-10-28-17)29(26,27)16-6-5-15(20)11-14(16)3/h5-6,11,13,17H,4,7-10,12H2,1-3H3,(H,21,24)(H,22,25)/t17-/m0/s1. The highest BCUT2D eigenvalue weighted by Crippen LogP contribution is 2.25. The van der Waals surface area contributed by atoms with Crippen molar-refractivity contribution in [3.05, 3.63) is 29.6 Å². The van der Waals surface area contributed by atoms with E-state index in [1.165, 1.54) is 13.0 Å². The van der Waals surface area contributed by atoms with Crippen molar-refractivity contribution >= 4 is 21.8 Å². The topological polar surface area (TPSA) is 105 Å². The summed E-state index contributed by atoms with van der Waals surface area (Å²) in [6.45, 7) is 6.26. The van der Waals surface area contributed by atoms with Gasteiger partial charge in [-0.2, -0.15) is 4.31 Å². The molecule has 8 nitrogen and oxygen atoms in total. The van der Waals surface area contributed by atoms with Crippen molar-refractivity contribution in [3.63, 3.8) is 0 Å². The van der Waals surface area contributed by atoms with E-state index in [0.29, 0.717) is 25.5 Å². The summed E-state index contributed by atoms with van der Waals surface area (Å²) in [6, 6.07) is 3.45. The second-order valence-electron chi connectivity index (χ2n) is 7.35. The van der Waals surface area contributed by atoms with Crippen molar-refractivity contribution in [1.82, 2.24) is 14.9 Å². The number of sulfonamides is 1. The normalized spacial score (nSPS) is 17.9. The van der Waals surface area contributed by atoms with Crippen LogP contribution in [0.2, 0.25) is 0 Å². The van der Waals surface area contributed by atoms with Crippen LogP contribution in [0.4, 0.5) is 4.39 Å². The zero-order valence-electron chi connectivity index (χ0n) is 16.9. The summed E-state index contributed by atoms with van der Waals surface area (Å²) in [4.78, 5) is 23.8. The molecule has 1 fully saturated rings. The molecule has 0 spiro atoms. The van der Waals surface area contributed by atoms with E-state index in [-0.39, 0.29) is 23.5 Å². The molecule has 29 heavy (non-hydrogen) atoms. The molecule has 1 saturated heterocycles. The van der Waals surface area contributed by atoms with Gasteiger partial charge in [-0.05, 0) is 49.4 Å². The second-order valence-corrected chi connectivity index (χ2v) is 9.21. The zero-order valence-corrected chi connectivity index (χ0v) is 17.7. The van der Waals surface area contributed by atoms with Crippen LogP contribution in [0.25, 0.3) is 0 Å². The number of benzene rings is 1. The lowest BCUT2D eigenvalue weighted by atomic mass is 10.1. The van der Waals surface area contributed by atoms with E-state index in [1.807, 2.05) is 13.8 Å². The number of carbonyl (C=O) groups is 2. The number of hydrogen-bond acceptors (Lipinski definition) is 5. The number of rotatable bonds is 7. The number of hydrogen-bond donors (Lipinski definition) is 2. The Morgan fingerprint density at radius 1 is 1.28 bits per heavy atom. The Morgan fingerprint density at radius 3 is 2.62 bits per heavy atom. The van der Waals surface area contributed by atoms with Gasteiger partial charge >= 0.3 is 11.8 Å². The second kappa shape index (κ2) is 10.1. The fourth-order valence-electron chi connectivity index (χ4n) is 2.95. The van der Waals surface area contributed by atoms with Crippen LogP contribution in [0.5, 0.6) is 0 Å². The minimum atomic E-state index is -3.96. The van der Waals surface area contributed by atoms with E-state index >= 15 is 0 Å². The van der Waals surface area contributed by atoms with Crippen molar-refractivity contribution in [2.45, 2.75) is 44.7 Å². The smallest absolute Gasteiger partial charge is 0.309 e. The summed E-state index contributed by atoms with van der Waals surface area (Å²) in [5, 5.41) is 4.95. The van der Waals surface area contributed by atoms with Gasteiger partial charge < -0.3 is 15.4 Å². The molecule has 1 aromatic rings. The molecule has 1 atom stereocenters. The first-order chi connectivity index (χ1) is 13.6. The van der Waals surface area contributed by atoms with E-state index in [0.717, 1.165) is 22.9 Å². The Labute approximate surface area is 170 Å². The first-order valence-electron chi connectivity index (χ1n) is 9.58. The third-order valence-corrected chi connectivity index (χ3v) is 6.58. The van der Waals surface area contributed by atoms with Crippen LogP contribution in [0.1, 0.15) is 32.3 Å². The van der Waals surface area contributed by atoms with Gasteiger partial charge in [0.2, 0.25) is 10.0 Å². The largest absolute Gasteiger partial charge is 0.360 e. The van der Waals surface area contributed by atoms with Crippen molar-refractivity contribution in [2.24, 2.45) is 5.92 Å². The molecule has 2 N–H and O–H groups in total. The van der Waals surface area contributed by atoms with Gasteiger partial charge in [-0.25, -0.2) is 12.8 Å². The van der Waals surface area contributed by atoms with E-state index in [9.17, 15) is 22.4 Å². The van der Waals surface area contributed by atoms with Crippen molar-refractivity contribution in [1.29, 1.82) is 0 Å². The number of nitrogens with one attached hydrogen (secondary N) is 2. The van der Waals surface area contributed by atoms with Crippen LogP contribution in [0.15, 0.2) is 23.1 Å². The van der Waals surface area contributed by atoms with Crippen molar-refractivity contribution < 1.29 is 27.1 Å². The predicted octanol–water partition coefficient (Wildman–Crippen LogP) is 1.15. The molecule has 2 rings (SSSR count). The van der Waals surface area contributed by atoms with E-state index in [1.54, 1.807) is 0 Å². The van der Waals surface area contributed by atoms with Crippen LogP contribution in [-0.4, -0.2) is 57.0 Å². The Hall–Kier alpha value is -2.04. The molecule has 0 radical (unpaired) electrons. The maximum absolute atomic E-state index is 13.4. The van der Waals surface area contributed by atoms with Gasteiger partial charge in [0.25, 0.3) is 0 Å². The van der Waals surface area contributed by atoms with Gasteiger partial charge in [0, 0.05) is 13.1 Å². The van der Waals surface area contributed by atoms with E-state index in [2.05, 4.69) is 10.6 Å². The average molecular weight is 430 g/mol. The SMILES string of the molecule is Cc1cc(F)ccc1S(=O)(=O)N1CCCO[C@H]1CNC(=O)C(=O)NCCC(C)C. The van der Waals surface area contributed by atoms with Gasteiger partial charge in [0.15, 0.2) is 0 Å². The van der Waals surface area contributed by atoms with E-state index < -0.39 is 33.9 Å². The average Bonchev–Trinajstić information content (AvgIpc) is 2.65. The lowest BCUT2D eigenvalue weighted by Crippen LogP contribution is -2.53. The lowest BCUT2D eigenvalue weighted by Gasteiger charge is -2.34. The van der Waals surface area contributed by atoms with Crippen LogP contribution in [0.3, 0.4) is 0 Å². The van der Waals surface area contributed by atoms with Gasteiger partial charge in [-0.3, -0.25) is 9.59 Å². The Morgan fingerprint density at radius 2 is 1.97 bits per heavy atom. The fourth-order valence-corrected chi connectivity index (χ4v) is 4.72. The third kappa shape index (κ3) is 6.22. The molecule has 1 aliphatic heterocycles. The highest BCUT2D eigenvalue weighted by molar-refractivity contribution is 7.89. The predicted molar refractivity (Wildman–Crippen MR) is 105 cm³/mol.